The molecule has 0 atom stereocenters. The monoisotopic (exact) mass is 159 g/mol. The molecule has 0 saturated carbocycles. The maximum atomic E-state index is 12.9. The summed E-state index contributed by atoms with van der Waals surface area (Å²) in [5.74, 6) is -0.371. The van der Waals surface area contributed by atoms with E-state index >= 15 is 0 Å². The van der Waals surface area contributed by atoms with Crippen molar-refractivity contribution in [3.8, 4) is 0 Å². The molecule has 0 aliphatic rings. The average molecular weight is 159 g/mol. The van der Waals surface area contributed by atoms with Crippen molar-refractivity contribution in [3.63, 3.8) is 0 Å². The van der Waals surface area contributed by atoms with Gasteiger partial charge in [0.05, 0.1) is 0 Å². The third kappa shape index (κ3) is 0.933. The van der Waals surface area contributed by atoms with Crippen LogP contribution in [0.1, 0.15) is 5.56 Å². The number of aryl methyl sites for hydroxylation is 1. The minimum atomic E-state index is -0.371. The minimum Gasteiger partial charge on any atom is -0.361 e. The molecule has 2 aromatic rings. The molecule has 1 N–H and O–H groups in total. The summed E-state index contributed by atoms with van der Waals surface area (Å²) in [6.45, 7) is 1.95. The lowest BCUT2D eigenvalue weighted by molar-refractivity contribution is 0.637. The van der Waals surface area contributed by atoms with Gasteiger partial charge in [0.2, 0.25) is 0 Å². The number of hydrogen-bond donors (Lipinski definition) is 1. The summed E-state index contributed by atoms with van der Waals surface area (Å²) >= 11 is 0. The molecule has 1 heterocycles. The zero-order chi connectivity index (χ0) is 8.72. The quantitative estimate of drug-likeness (QED) is 0.559. The Morgan fingerprint density at radius 2 is 2.17 bits per heavy atom. The van der Waals surface area contributed by atoms with Crippen LogP contribution in [-0.2, 0) is 0 Å². The van der Waals surface area contributed by atoms with Crippen LogP contribution in [0.25, 0.3) is 10.9 Å². The van der Waals surface area contributed by atoms with Crippen molar-refractivity contribution in [3.05, 3.63) is 29.7 Å². The summed E-state index contributed by atoms with van der Waals surface area (Å²) in [7, 11) is 5.43. The predicted octanol–water partition coefficient (Wildman–Crippen LogP) is 1.41. The summed E-state index contributed by atoms with van der Waals surface area (Å²) < 4.78 is 12.9. The van der Waals surface area contributed by atoms with E-state index in [1.165, 1.54) is 6.07 Å². The van der Waals surface area contributed by atoms with Crippen LogP contribution in [0.3, 0.4) is 0 Å². The molecule has 1 aromatic carbocycles. The fraction of sp³-hybridized carbons (Fsp3) is 0.111. The number of rotatable bonds is 0. The number of halogens is 1. The van der Waals surface area contributed by atoms with Crippen LogP contribution in [0, 0.1) is 12.7 Å². The third-order valence-electron chi connectivity index (χ3n) is 2.01. The molecule has 58 valence electrons. The second-order valence-electron chi connectivity index (χ2n) is 2.89. The van der Waals surface area contributed by atoms with E-state index in [0.717, 1.165) is 16.5 Å². The Labute approximate surface area is 71.0 Å². The van der Waals surface area contributed by atoms with E-state index < -0.39 is 0 Å². The minimum absolute atomic E-state index is 0.199. The van der Waals surface area contributed by atoms with Gasteiger partial charge < -0.3 is 4.98 Å². The predicted molar refractivity (Wildman–Crippen MR) is 48.4 cm³/mol. The van der Waals surface area contributed by atoms with E-state index in [4.69, 9.17) is 7.85 Å². The zero-order valence-electron chi connectivity index (χ0n) is 6.69. The molecule has 3 heteroatoms. The van der Waals surface area contributed by atoms with Gasteiger partial charge in [-0.25, -0.2) is 4.39 Å². The summed E-state index contributed by atoms with van der Waals surface area (Å²) in [6.07, 6.45) is 1.84. The van der Waals surface area contributed by atoms with E-state index in [9.17, 15) is 4.39 Å². The summed E-state index contributed by atoms with van der Waals surface area (Å²) in [5.41, 5.74) is 2.07. The highest BCUT2D eigenvalue weighted by Crippen LogP contribution is 2.16. The molecule has 0 amide bonds. The molecule has 0 bridgehead atoms. The molecule has 1 nitrogen and oxygen atoms in total. The van der Waals surface area contributed by atoms with E-state index in [1.807, 2.05) is 13.1 Å². The first-order chi connectivity index (χ1) is 5.68. The van der Waals surface area contributed by atoms with Gasteiger partial charge in [0.25, 0.3) is 0 Å². The molecule has 12 heavy (non-hydrogen) atoms. The lowest BCUT2D eigenvalue weighted by Gasteiger charge is -1.97. The first kappa shape index (κ1) is 7.41. The Kier molecular flexibility index (Phi) is 1.46. The summed E-state index contributed by atoms with van der Waals surface area (Å²) in [5, 5.41) is 0.980. The van der Waals surface area contributed by atoms with Gasteiger partial charge >= 0.3 is 0 Å². The number of H-pyrrole nitrogens is 1. The van der Waals surface area contributed by atoms with Gasteiger partial charge in [-0.15, -0.1) is 0 Å². The Morgan fingerprint density at radius 3 is 2.92 bits per heavy atom. The van der Waals surface area contributed by atoms with Gasteiger partial charge in [0.1, 0.15) is 13.7 Å². The molecule has 0 fully saturated rings. The smallest absolute Gasteiger partial charge is 0.118 e. The summed E-state index contributed by atoms with van der Waals surface area (Å²) in [4.78, 5) is 2.96. The van der Waals surface area contributed by atoms with Crippen molar-refractivity contribution in [1.29, 1.82) is 0 Å². The van der Waals surface area contributed by atoms with Gasteiger partial charge in [0, 0.05) is 17.1 Å². The lowest BCUT2D eigenvalue weighted by Crippen LogP contribution is -2.07. The fourth-order valence-electron chi connectivity index (χ4n) is 1.30. The second-order valence-corrected chi connectivity index (χ2v) is 2.89. The zero-order valence-corrected chi connectivity index (χ0v) is 6.69. The number of nitrogens with one attached hydrogen (secondary N) is 1. The molecule has 0 saturated heterocycles. The normalized spacial score (nSPS) is 10.8. The van der Waals surface area contributed by atoms with Crippen LogP contribution >= 0.6 is 0 Å². The first-order valence-electron chi connectivity index (χ1n) is 3.71. The largest absolute Gasteiger partial charge is 0.361 e. The Balaban J connectivity index is 2.87. The topological polar surface area (TPSA) is 15.8 Å². The number of aromatic amines is 1. The maximum Gasteiger partial charge on any atom is 0.118 e. The number of hydrogen-bond acceptors (Lipinski definition) is 0. The van der Waals surface area contributed by atoms with E-state index in [-0.39, 0.29) is 11.3 Å². The first-order valence-corrected chi connectivity index (χ1v) is 3.71. The van der Waals surface area contributed by atoms with Crippen molar-refractivity contribution in [2.45, 2.75) is 6.92 Å². The molecule has 0 spiro atoms. The summed E-state index contributed by atoms with van der Waals surface area (Å²) in [6, 6.07) is 3.06. The number of fused-ring (bicyclic) bond motifs is 1. The Morgan fingerprint density at radius 1 is 1.42 bits per heavy atom. The highest BCUT2D eigenvalue weighted by molar-refractivity contribution is 6.33. The van der Waals surface area contributed by atoms with Crippen LogP contribution in [0.15, 0.2) is 18.3 Å². The van der Waals surface area contributed by atoms with Crippen molar-refractivity contribution in [2.24, 2.45) is 0 Å². The van der Waals surface area contributed by atoms with Crippen LogP contribution < -0.4 is 5.46 Å². The third-order valence-corrected chi connectivity index (χ3v) is 2.01. The molecule has 0 aliphatic carbocycles. The molecule has 1 aromatic heterocycles. The molecule has 2 rings (SSSR count). The SMILES string of the molecule is [B]c1cc2c(C)c[nH]c2cc1F. The second kappa shape index (κ2) is 2.37. The van der Waals surface area contributed by atoms with Crippen LogP contribution in [-0.4, -0.2) is 12.8 Å². The highest BCUT2D eigenvalue weighted by Gasteiger charge is 2.02. The molecular formula is C9H7BFN. The number of benzene rings is 1. The van der Waals surface area contributed by atoms with Crippen LogP contribution in [0.2, 0.25) is 0 Å². The Hall–Kier alpha value is -1.25. The van der Waals surface area contributed by atoms with Gasteiger partial charge in [-0.05, 0) is 18.6 Å². The van der Waals surface area contributed by atoms with Gasteiger partial charge in [-0.2, -0.15) is 0 Å². The standard InChI is InChI=1S/C9H7BFN/c1-5-4-12-9-3-8(11)7(10)2-6(5)9/h2-4,12H,1H3. The molecule has 0 aliphatic heterocycles. The fourth-order valence-corrected chi connectivity index (χ4v) is 1.30. The van der Waals surface area contributed by atoms with E-state index in [2.05, 4.69) is 4.98 Å². The van der Waals surface area contributed by atoms with Crippen molar-refractivity contribution in [1.82, 2.24) is 4.98 Å². The molecular weight excluding hydrogens is 152 g/mol. The lowest BCUT2D eigenvalue weighted by atomic mass is 9.94. The van der Waals surface area contributed by atoms with Crippen molar-refractivity contribution < 1.29 is 4.39 Å². The van der Waals surface area contributed by atoms with Crippen LogP contribution in [0.5, 0.6) is 0 Å². The van der Waals surface area contributed by atoms with Gasteiger partial charge in [0.15, 0.2) is 0 Å². The highest BCUT2D eigenvalue weighted by atomic mass is 19.1. The Bertz CT molecular complexity index is 433. The molecule has 0 unspecified atom stereocenters. The maximum absolute atomic E-state index is 12.9. The van der Waals surface area contributed by atoms with Crippen LogP contribution in [0.4, 0.5) is 4.39 Å². The van der Waals surface area contributed by atoms with Gasteiger partial charge in [-0.3, -0.25) is 0 Å². The van der Waals surface area contributed by atoms with Gasteiger partial charge in [-0.1, -0.05) is 11.5 Å². The van der Waals surface area contributed by atoms with E-state index in [0.29, 0.717) is 0 Å². The number of aromatic nitrogens is 1. The van der Waals surface area contributed by atoms with E-state index in [1.54, 1.807) is 6.07 Å². The average Bonchev–Trinajstić information content (AvgIpc) is 2.35. The van der Waals surface area contributed by atoms with Crippen molar-refractivity contribution >= 4 is 24.2 Å². The van der Waals surface area contributed by atoms with Crippen molar-refractivity contribution in [2.75, 3.05) is 0 Å². The molecule has 2 radical (unpaired) electrons.